The molecule has 0 bridgehead atoms. The number of hydrogen-bond acceptors (Lipinski definition) is 4. The van der Waals surface area contributed by atoms with Gasteiger partial charge in [-0.3, -0.25) is 9.99 Å². The Labute approximate surface area is 132 Å². The van der Waals surface area contributed by atoms with E-state index in [4.69, 9.17) is 0 Å². The first-order chi connectivity index (χ1) is 10.6. The third-order valence-corrected chi connectivity index (χ3v) is 4.08. The minimum Gasteiger partial charge on any atom is -0.294 e. The zero-order valence-corrected chi connectivity index (χ0v) is 13.1. The van der Waals surface area contributed by atoms with Crippen molar-refractivity contribution in [2.24, 2.45) is 5.10 Å². The number of aryl methyl sites for hydroxylation is 1. The van der Waals surface area contributed by atoms with E-state index in [0.29, 0.717) is 0 Å². The topological polar surface area (TPSA) is 42.2 Å². The van der Waals surface area contributed by atoms with Crippen LogP contribution in [0.2, 0.25) is 0 Å². The van der Waals surface area contributed by atoms with Gasteiger partial charge in [0.15, 0.2) is 5.13 Å². The molecule has 0 fully saturated rings. The molecule has 0 saturated carbocycles. The van der Waals surface area contributed by atoms with E-state index in [0.717, 1.165) is 27.8 Å². The molecule has 0 spiro atoms. The Balaban J connectivity index is 1.80. The molecule has 0 atom stereocenters. The van der Waals surface area contributed by atoms with Crippen molar-refractivity contribution in [1.82, 2.24) is 9.55 Å². The molecular formula is C16H15FN4S. The van der Waals surface area contributed by atoms with Crippen LogP contribution in [0.5, 0.6) is 0 Å². The number of aromatic nitrogens is 2. The monoisotopic (exact) mass is 314 g/mol. The molecule has 0 saturated heterocycles. The Kier molecular flexibility index (Phi) is 4.02. The van der Waals surface area contributed by atoms with Crippen molar-refractivity contribution in [2.75, 3.05) is 5.43 Å². The number of thiazole rings is 1. The summed E-state index contributed by atoms with van der Waals surface area (Å²) < 4.78 is 14.9. The lowest BCUT2D eigenvalue weighted by Crippen LogP contribution is -1.99. The lowest BCUT2D eigenvalue weighted by Gasteiger charge is -2.04. The van der Waals surface area contributed by atoms with Gasteiger partial charge >= 0.3 is 0 Å². The van der Waals surface area contributed by atoms with Crippen molar-refractivity contribution in [3.63, 3.8) is 0 Å². The van der Waals surface area contributed by atoms with Crippen LogP contribution in [-0.2, 0) is 0 Å². The molecule has 0 amide bonds. The SMILES string of the molecule is Cc1cc(/C=N\Nc2ccc(F)cc2)c(C)n1-c1nccs1. The van der Waals surface area contributed by atoms with Crippen molar-refractivity contribution >= 4 is 23.2 Å². The van der Waals surface area contributed by atoms with E-state index in [1.54, 1.807) is 35.9 Å². The van der Waals surface area contributed by atoms with E-state index in [-0.39, 0.29) is 5.82 Å². The highest BCUT2D eigenvalue weighted by Crippen LogP contribution is 2.21. The number of anilines is 1. The summed E-state index contributed by atoms with van der Waals surface area (Å²) in [5.41, 5.74) is 6.84. The highest BCUT2D eigenvalue weighted by molar-refractivity contribution is 7.12. The maximum absolute atomic E-state index is 12.8. The van der Waals surface area contributed by atoms with Crippen LogP contribution >= 0.6 is 11.3 Å². The molecule has 2 heterocycles. The molecule has 0 aliphatic rings. The molecule has 1 aromatic carbocycles. The molecule has 0 aliphatic carbocycles. The number of hydrazone groups is 1. The van der Waals surface area contributed by atoms with Crippen LogP contribution in [0.1, 0.15) is 17.0 Å². The summed E-state index contributed by atoms with van der Waals surface area (Å²) in [4.78, 5) is 4.34. The second kappa shape index (κ2) is 6.11. The zero-order chi connectivity index (χ0) is 15.5. The van der Waals surface area contributed by atoms with Gasteiger partial charge < -0.3 is 0 Å². The van der Waals surface area contributed by atoms with Crippen LogP contribution in [0.25, 0.3) is 5.13 Å². The van der Waals surface area contributed by atoms with Crippen molar-refractivity contribution in [3.05, 3.63) is 64.7 Å². The molecule has 6 heteroatoms. The highest BCUT2D eigenvalue weighted by Gasteiger charge is 2.10. The molecule has 22 heavy (non-hydrogen) atoms. The summed E-state index contributed by atoms with van der Waals surface area (Å²) >= 11 is 1.60. The summed E-state index contributed by atoms with van der Waals surface area (Å²) in [6.07, 6.45) is 3.55. The largest absolute Gasteiger partial charge is 0.294 e. The van der Waals surface area contributed by atoms with E-state index < -0.39 is 0 Å². The maximum Gasteiger partial charge on any atom is 0.193 e. The van der Waals surface area contributed by atoms with Crippen LogP contribution < -0.4 is 5.43 Å². The van der Waals surface area contributed by atoms with Gasteiger partial charge in [-0.15, -0.1) is 11.3 Å². The molecule has 3 aromatic rings. The first-order valence-corrected chi connectivity index (χ1v) is 7.66. The zero-order valence-electron chi connectivity index (χ0n) is 12.2. The Morgan fingerprint density at radius 2 is 2.05 bits per heavy atom. The third-order valence-electron chi connectivity index (χ3n) is 3.32. The van der Waals surface area contributed by atoms with Gasteiger partial charge in [0.25, 0.3) is 0 Å². The number of benzene rings is 1. The van der Waals surface area contributed by atoms with E-state index in [1.165, 1.54) is 12.1 Å². The van der Waals surface area contributed by atoms with E-state index >= 15 is 0 Å². The Hall–Kier alpha value is -2.47. The minimum atomic E-state index is -0.262. The lowest BCUT2D eigenvalue weighted by atomic mass is 10.3. The van der Waals surface area contributed by atoms with Crippen molar-refractivity contribution in [2.45, 2.75) is 13.8 Å². The number of hydrogen-bond donors (Lipinski definition) is 1. The molecule has 1 N–H and O–H groups in total. The van der Waals surface area contributed by atoms with Gasteiger partial charge in [0.2, 0.25) is 0 Å². The van der Waals surface area contributed by atoms with Crippen LogP contribution in [-0.4, -0.2) is 15.8 Å². The van der Waals surface area contributed by atoms with Crippen molar-refractivity contribution in [1.29, 1.82) is 0 Å². The number of nitrogens with one attached hydrogen (secondary N) is 1. The third kappa shape index (κ3) is 2.92. The fourth-order valence-corrected chi connectivity index (χ4v) is 2.99. The molecule has 2 aromatic heterocycles. The van der Waals surface area contributed by atoms with Crippen LogP contribution in [0.4, 0.5) is 10.1 Å². The molecule has 0 radical (unpaired) electrons. The quantitative estimate of drug-likeness (QED) is 0.581. The second-order valence-electron chi connectivity index (χ2n) is 4.85. The van der Waals surface area contributed by atoms with Gasteiger partial charge in [0.05, 0.1) is 11.9 Å². The number of halogens is 1. The van der Waals surface area contributed by atoms with Gasteiger partial charge in [0, 0.05) is 28.5 Å². The van der Waals surface area contributed by atoms with Gasteiger partial charge in [-0.2, -0.15) is 5.10 Å². The first kappa shape index (κ1) is 14.5. The van der Waals surface area contributed by atoms with Crippen molar-refractivity contribution < 1.29 is 4.39 Å². The van der Waals surface area contributed by atoms with Gasteiger partial charge in [0.1, 0.15) is 5.82 Å². The van der Waals surface area contributed by atoms with Crippen LogP contribution in [0.3, 0.4) is 0 Å². The molecular weight excluding hydrogens is 299 g/mol. The number of nitrogens with zero attached hydrogens (tertiary/aromatic N) is 3. The van der Waals surface area contributed by atoms with Crippen LogP contribution in [0, 0.1) is 19.7 Å². The predicted molar refractivity (Wildman–Crippen MR) is 88.5 cm³/mol. The van der Waals surface area contributed by atoms with Gasteiger partial charge in [-0.25, -0.2) is 9.37 Å². The molecule has 0 aliphatic heterocycles. The highest BCUT2D eigenvalue weighted by atomic mass is 32.1. The lowest BCUT2D eigenvalue weighted by molar-refractivity contribution is 0.628. The Morgan fingerprint density at radius 1 is 1.27 bits per heavy atom. The number of rotatable bonds is 4. The summed E-state index contributed by atoms with van der Waals surface area (Å²) in [5, 5.41) is 7.11. The van der Waals surface area contributed by atoms with Gasteiger partial charge in [-0.1, -0.05) is 0 Å². The smallest absolute Gasteiger partial charge is 0.193 e. The maximum atomic E-state index is 12.8. The van der Waals surface area contributed by atoms with E-state index in [9.17, 15) is 4.39 Å². The summed E-state index contributed by atoms with van der Waals surface area (Å²) in [6.45, 7) is 4.08. The molecule has 4 nitrogen and oxygen atoms in total. The summed E-state index contributed by atoms with van der Waals surface area (Å²) in [5.74, 6) is -0.262. The van der Waals surface area contributed by atoms with E-state index in [2.05, 4.69) is 26.1 Å². The predicted octanol–water partition coefficient (Wildman–Crippen LogP) is 4.14. The van der Waals surface area contributed by atoms with E-state index in [1.807, 2.05) is 19.2 Å². The first-order valence-electron chi connectivity index (χ1n) is 6.78. The average Bonchev–Trinajstić information content (AvgIpc) is 3.10. The average molecular weight is 314 g/mol. The summed E-state index contributed by atoms with van der Waals surface area (Å²) in [7, 11) is 0. The normalized spacial score (nSPS) is 11.2. The fraction of sp³-hybridized carbons (Fsp3) is 0.125. The van der Waals surface area contributed by atoms with Crippen molar-refractivity contribution in [3.8, 4) is 5.13 Å². The molecule has 3 rings (SSSR count). The minimum absolute atomic E-state index is 0.262. The standard InChI is InChI=1S/C16H15FN4S/c1-11-9-13(12(2)21(11)16-18-7-8-22-16)10-19-20-15-5-3-14(17)4-6-15/h3-10,20H,1-2H3/b19-10-. The Bertz CT molecular complexity index is 788. The Morgan fingerprint density at radius 3 is 2.73 bits per heavy atom. The fourth-order valence-electron chi connectivity index (χ4n) is 2.24. The summed E-state index contributed by atoms with van der Waals surface area (Å²) in [6, 6.07) is 8.14. The molecule has 112 valence electrons. The molecule has 0 unspecified atom stereocenters. The van der Waals surface area contributed by atoms with Gasteiger partial charge in [-0.05, 0) is 44.2 Å². The second-order valence-corrected chi connectivity index (χ2v) is 5.73. The van der Waals surface area contributed by atoms with Crippen LogP contribution in [0.15, 0.2) is 47.0 Å².